The molecule has 0 spiro atoms. The third-order valence-corrected chi connectivity index (χ3v) is 5.18. The third-order valence-electron chi connectivity index (χ3n) is 4.44. The Bertz CT molecular complexity index is 476. The number of hydrogen-bond acceptors (Lipinski definition) is 2. The van der Waals surface area contributed by atoms with Crippen molar-refractivity contribution < 1.29 is 0 Å². The predicted molar refractivity (Wildman–Crippen MR) is 89.1 cm³/mol. The van der Waals surface area contributed by atoms with Crippen LogP contribution in [0.25, 0.3) is 0 Å². The van der Waals surface area contributed by atoms with E-state index in [1.165, 1.54) is 5.69 Å². The number of nitrogens with one attached hydrogen (secondary N) is 1. The minimum atomic E-state index is 0.150. The van der Waals surface area contributed by atoms with Gasteiger partial charge < -0.3 is 10.2 Å². The van der Waals surface area contributed by atoms with E-state index in [-0.39, 0.29) is 5.54 Å². The second-order valence-corrected chi connectivity index (χ2v) is 7.15. The van der Waals surface area contributed by atoms with Crippen molar-refractivity contribution in [1.82, 2.24) is 5.32 Å². The maximum Gasteiger partial charge on any atom is 0.0612 e. The zero-order chi connectivity index (χ0) is 14.9. The van der Waals surface area contributed by atoms with E-state index in [0.29, 0.717) is 22.0 Å². The Morgan fingerprint density at radius 2 is 2.05 bits per heavy atom. The Balaban J connectivity index is 2.33. The van der Waals surface area contributed by atoms with Gasteiger partial charge in [0.25, 0.3) is 0 Å². The van der Waals surface area contributed by atoms with Gasteiger partial charge in [-0.05, 0) is 37.5 Å². The highest BCUT2D eigenvalue weighted by atomic mass is 35.5. The van der Waals surface area contributed by atoms with Crippen molar-refractivity contribution in [2.45, 2.75) is 45.7 Å². The zero-order valence-corrected chi connectivity index (χ0v) is 14.2. The van der Waals surface area contributed by atoms with Crippen LogP contribution in [0.5, 0.6) is 0 Å². The van der Waals surface area contributed by atoms with Gasteiger partial charge in [0.15, 0.2) is 0 Å². The molecule has 2 atom stereocenters. The molecule has 1 N–H and O–H groups in total. The summed E-state index contributed by atoms with van der Waals surface area (Å²) >= 11 is 12.2. The normalized spacial score (nSPS) is 27.1. The van der Waals surface area contributed by atoms with E-state index in [1.807, 2.05) is 12.1 Å². The standard InChI is InChI=1S/C16H24Cl2N2/c1-5-16(4)10-20(15(9-19-16)11(2)3)12-6-7-13(17)14(18)8-12/h6-8,11,15,19H,5,9-10H2,1-4H3. The highest BCUT2D eigenvalue weighted by molar-refractivity contribution is 6.42. The summed E-state index contributed by atoms with van der Waals surface area (Å²) in [6, 6.07) is 6.43. The summed E-state index contributed by atoms with van der Waals surface area (Å²) < 4.78 is 0. The van der Waals surface area contributed by atoms with Gasteiger partial charge in [0, 0.05) is 30.4 Å². The van der Waals surface area contributed by atoms with Crippen molar-refractivity contribution in [3.05, 3.63) is 28.2 Å². The molecule has 1 aromatic rings. The van der Waals surface area contributed by atoms with Crippen molar-refractivity contribution >= 4 is 28.9 Å². The SMILES string of the molecule is CCC1(C)CN(c2ccc(Cl)c(Cl)c2)C(C(C)C)CN1. The summed E-state index contributed by atoms with van der Waals surface area (Å²) in [5.74, 6) is 0.582. The third kappa shape index (κ3) is 3.24. The number of hydrogen-bond donors (Lipinski definition) is 1. The van der Waals surface area contributed by atoms with Crippen LogP contribution in [-0.4, -0.2) is 24.7 Å². The molecule has 1 saturated heterocycles. The summed E-state index contributed by atoms with van der Waals surface area (Å²) in [7, 11) is 0. The van der Waals surface area contributed by atoms with E-state index in [1.54, 1.807) is 0 Å². The summed E-state index contributed by atoms with van der Waals surface area (Å²) in [5.41, 5.74) is 1.32. The molecule has 1 heterocycles. The largest absolute Gasteiger partial charge is 0.365 e. The quantitative estimate of drug-likeness (QED) is 0.877. The zero-order valence-electron chi connectivity index (χ0n) is 12.7. The molecule has 1 aliphatic rings. The summed E-state index contributed by atoms with van der Waals surface area (Å²) in [5, 5.41) is 4.95. The van der Waals surface area contributed by atoms with E-state index in [0.717, 1.165) is 19.5 Å². The molecule has 1 fully saturated rings. The molecule has 1 aliphatic heterocycles. The van der Waals surface area contributed by atoms with Crippen LogP contribution in [0, 0.1) is 5.92 Å². The van der Waals surface area contributed by atoms with Gasteiger partial charge in [-0.2, -0.15) is 0 Å². The minimum Gasteiger partial charge on any atom is -0.365 e. The number of nitrogens with zero attached hydrogens (tertiary/aromatic N) is 1. The highest BCUT2D eigenvalue weighted by Gasteiger charge is 2.36. The summed E-state index contributed by atoms with van der Waals surface area (Å²) in [6.45, 7) is 11.0. The molecular weight excluding hydrogens is 291 g/mol. The molecule has 2 nitrogen and oxygen atoms in total. The van der Waals surface area contributed by atoms with Crippen LogP contribution in [0.2, 0.25) is 10.0 Å². The average molecular weight is 315 g/mol. The first-order valence-corrected chi connectivity index (χ1v) is 8.08. The van der Waals surface area contributed by atoms with Gasteiger partial charge in [0.05, 0.1) is 10.0 Å². The van der Waals surface area contributed by atoms with Crippen molar-refractivity contribution in [1.29, 1.82) is 0 Å². The predicted octanol–water partition coefficient (Wildman–Crippen LogP) is 4.60. The first-order valence-electron chi connectivity index (χ1n) is 7.33. The minimum absolute atomic E-state index is 0.150. The maximum absolute atomic E-state index is 6.19. The van der Waals surface area contributed by atoms with Crippen LogP contribution >= 0.6 is 23.2 Å². The van der Waals surface area contributed by atoms with E-state index in [9.17, 15) is 0 Å². The van der Waals surface area contributed by atoms with Gasteiger partial charge >= 0.3 is 0 Å². The van der Waals surface area contributed by atoms with Crippen molar-refractivity contribution in [2.24, 2.45) is 5.92 Å². The van der Waals surface area contributed by atoms with Crippen LogP contribution in [0.1, 0.15) is 34.1 Å². The van der Waals surface area contributed by atoms with Crippen molar-refractivity contribution in [3.63, 3.8) is 0 Å². The monoisotopic (exact) mass is 314 g/mol. The molecule has 0 bridgehead atoms. The van der Waals surface area contributed by atoms with Crippen LogP contribution < -0.4 is 10.2 Å². The molecule has 20 heavy (non-hydrogen) atoms. The molecule has 112 valence electrons. The second kappa shape index (κ2) is 6.13. The Morgan fingerprint density at radius 1 is 1.35 bits per heavy atom. The summed E-state index contributed by atoms with van der Waals surface area (Å²) in [4.78, 5) is 2.48. The fourth-order valence-electron chi connectivity index (χ4n) is 2.79. The number of anilines is 1. The summed E-state index contributed by atoms with van der Waals surface area (Å²) in [6.07, 6.45) is 1.11. The number of rotatable bonds is 3. The smallest absolute Gasteiger partial charge is 0.0612 e. The Labute approximate surface area is 132 Å². The average Bonchev–Trinajstić information content (AvgIpc) is 2.41. The number of benzene rings is 1. The molecule has 1 aromatic carbocycles. The molecule has 2 unspecified atom stereocenters. The topological polar surface area (TPSA) is 15.3 Å². The lowest BCUT2D eigenvalue weighted by Gasteiger charge is -2.48. The lowest BCUT2D eigenvalue weighted by atomic mass is 9.89. The van der Waals surface area contributed by atoms with Crippen molar-refractivity contribution in [2.75, 3.05) is 18.0 Å². The van der Waals surface area contributed by atoms with Crippen LogP contribution in [0.3, 0.4) is 0 Å². The van der Waals surface area contributed by atoms with Crippen LogP contribution in [-0.2, 0) is 0 Å². The Kier molecular flexibility index (Phi) is 4.88. The molecule has 0 amide bonds. The van der Waals surface area contributed by atoms with Gasteiger partial charge in [-0.25, -0.2) is 0 Å². The molecule has 0 aromatic heterocycles. The van der Waals surface area contributed by atoms with Gasteiger partial charge in [-0.1, -0.05) is 44.0 Å². The second-order valence-electron chi connectivity index (χ2n) is 6.33. The maximum atomic E-state index is 6.19. The Morgan fingerprint density at radius 3 is 2.60 bits per heavy atom. The van der Waals surface area contributed by atoms with Gasteiger partial charge in [-0.3, -0.25) is 0 Å². The number of halogens is 2. The van der Waals surface area contributed by atoms with E-state index >= 15 is 0 Å². The lowest BCUT2D eigenvalue weighted by molar-refractivity contribution is 0.253. The molecule has 0 aliphatic carbocycles. The molecule has 0 saturated carbocycles. The first kappa shape index (κ1) is 15.9. The number of piperazine rings is 1. The molecule has 4 heteroatoms. The van der Waals surface area contributed by atoms with Gasteiger partial charge in [0.2, 0.25) is 0 Å². The van der Waals surface area contributed by atoms with Crippen LogP contribution in [0.15, 0.2) is 18.2 Å². The highest BCUT2D eigenvalue weighted by Crippen LogP contribution is 2.32. The fourth-order valence-corrected chi connectivity index (χ4v) is 3.08. The van der Waals surface area contributed by atoms with Gasteiger partial charge in [0.1, 0.15) is 0 Å². The fraction of sp³-hybridized carbons (Fsp3) is 0.625. The van der Waals surface area contributed by atoms with E-state index in [4.69, 9.17) is 23.2 Å². The first-order chi connectivity index (χ1) is 9.36. The van der Waals surface area contributed by atoms with E-state index in [2.05, 4.69) is 44.0 Å². The molecule has 2 rings (SSSR count). The lowest BCUT2D eigenvalue weighted by Crippen LogP contribution is -2.64. The molecule has 0 radical (unpaired) electrons. The van der Waals surface area contributed by atoms with E-state index < -0.39 is 0 Å². The molecular formula is C16H24Cl2N2. The Hall–Kier alpha value is -0.440. The van der Waals surface area contributed by atoms with Crippen LogP contribution in [0.4, 0.5) is 5.69 Å². The van der Waals surface area contributed by atoms with Gasteiger partial charge in [-0.15, -0.1) is 0 Å². The van der Waals surface area contributed by atoms with Crippen molar-refractivity contribution in [3.8, 4) is 0 Å².